The lowest BCUT2D eigenvalue weighted by Crippen LogP contribution is -2.15. The van der Waals surface area contributed by atoms with Crippen molar-refractivity contribution >= 4 is 21.7 Å². The molecule has 0 N–H and O–H groups in total. The number of benzene rings is 1. The van der Waals surface area contributed by atoms with Gasteiger partial charge in [0.2, 0.25) is 0 Å². The van der Waals surface area contributed by atoms with E-state index < -0.39 is 11.7 Å². The molecule has 0 aliphatic heterocycles. The highest BCUT2D eigenvalue weighted by Crippen LogP contribution is 2.21. The van der Waals surface area contributed by atoms with E-state index in [2.05, 4.69) is 15.9 Å². The molecule has 0 aliphatic rings. The highest BCUT2D eigenvalue weighted by Gasteiger charge is 2.20. The molecule has 0 spiro atoms. The van der Waals surface area contributed by atoms with Crippen molar-refractivity contribution in [1.29, 1.82) is 5.26 Å². The molecule has 0 amide bonds. The molecule has 0 fully saturated rings. The van der Waals surface area contributed by atoms with E-state index in [-0.39, 0.29) is 17.8 Å². The maximum atomic E-state index is 13.5. The molecule has 16 heavy (non-hydrogen) atoms. The zero-order valence-electron chi connectivity index (χ0n) is 8.84. The first-order valence-electron chi connectivity index (χ1n) is 4.96. The van der Waals surface area contributed by atoms with Crippen LogP contribution in [0.2, 0.25) is 0 Å². The third-order valence-electron chi connectivity index (χ3n) is 2.40. The number of Topliss-reactive ketones (excluding diaryl/α,β-unsaturated/α-hetero) is 1. The van der Waals surface area contributed by atoms with Crippen LogP contribution < -0.4 is 0 Å². The molecule has 84 valence electrons. The molecular weight excluding hydrogens is 273 g/mol. The number of halogens is 2. The van der Waals surface area contributed by atoms with E-state index in [1.807, 2.05) is 13.0 Å². The Hall–Kier alpha value is -1.21. The lowest BCUT2D eigenvalue weighted by Gasteiger charge is -2.10. The zero-order valence-corrected chi connectivity index (χ0v) is 10.4. The standard InChI is InChI=1S/C12H11BrFNO/c1-2-8(5-6-15)12(16)10-4-3-9(13)7-11(10)14/h3-4,7-8H,2,5H2,1H3. The number of hydrogen-bond acceptors (Lipinski definition) is 2. The van der Waals surface area contributed by atoms with Gasteiger partial charge in [0.25, 0.3) is 0 Å². The fourth-order valence-electron chi connectivity index (χ4n) is 1.44. The Morgan fingerprint density at radius 2 is 2.31 bits per heavy atom. The Balaban J connectivity index is 3.00. The minimum Gasteiger partial charge on any atom is -0.294 e. The van der Waals surface area contributed by atoms with Crippen molar-refractivity contribution in [3.63, 3.8) is 0 Å². The van der Waals surface area contributed by atoms with Gasteiger partial charge in [-0.2, -0.15) is 5.26 Å². The summed E-state index contributed by atoms with van der Waals surface area (Å²) < 4.78 is 14.1. The van der Waals surface area contributed by atoms with E-state index in [1.165, 1.54) is 12.1 Å². The van der Waals surface area contributed by atoms with E-state index in [4.69, 9.17) is 5.26 Å². The van der Waals surface area contributed by atoms with Gasteiger partial charge in [0, 0.05) is 16.8 Å². The van der Waals surface area contributed by atoms with E-state index in [9.17, 15) is 9.18 Å². The topological polar surface area (TPSA) is 40.9 Å². The molecule has 0 heterocycles. The summed E-state index contributed by atoms with van der Waals surface area (Å²) in [5.41, 5.74) is 0.0605. The number of nitrogens with zero attached hydrogens (tertiary/aromatic N) is 1. The van der Waals surface area contributed by atoms with Gasteiger partial charge in [0.15, 0.2) is 5.78 Å². The van der Waals surface area contributed by atoms with Gasteiger partial charge in [-0.25, -0.2) is 4.39 Å². The van der Waals surface area contributed by atoms with Gasteiger partial charge < -0.3 is 0 Å². The summed E-state index contributed by atoms with van der Waals surface area (Å²) in [6.45, 7) is 1.82. The second-order valence-electron chi connectivity index (χ2n) is 3.46. The van der Waals surface area contributed by atoms with Crippen LogP contribution in [0.15, 0.2) is 22.7 Å². The first kappa shape index (κ1) is 12.9. The van der Waals surface area contributed by atoms with Crippen LogP contribution in [0.4, 0.5) is 4.39 Å². The number of carbonyl (C=O) groups excluding carboxylic acids is 1. The Labute approximate surface area is 102 Å². The Morgan fingerprint density at radius 3 is 2.81 bits per heavy atom. The lowest BCUT2D eigenvalue weighted by molar-refractivity contribution is 0.0914. The van der Waals surface area contributed by atoms with Crippen LogP contribution >= 0.6 is 15.9 Å². The number of hydrogen-bond donors (Lipinski definition) is 0. The molecule has 0 aromatic heterocycles. The van der Waals surface area contributed by atoms with Crippen LogP contribution in [0.5, 0.6) is 0 Å². The van der Waals surface area contributed by atoms with Gasteiger partial charge in [0.1, 0.15) is 5.82 Å². The van der Waals surface area contributed by atoms with Crippen molar-refractivity contribution in [3.05, 3.63) is 34.1 Å². The molecule has 1 unspecified atom stereocenters. The van der Waals surface area contributed by atoms with Crippen molar-refractivity contribution in [1.82, 2.24) is 0 Å². The second kappa shape index (κ2) is 5.76. The smallest absolute Gasteiger partial charge is 0.169 e. The molecule has 0 aliphatic carbocycles. The predicted molar refractivity (Wildman–Crippen MR) is 62.4 cm³/mol. The summed E-state index contributed by atoms with van der Waals surface area (Å²) in [4.78, 5) is 11.9. The van der Waals surface area contributed by atoms with Gasteiger partial charge >= 0.3 is 0 Å². The number of carbonyl (C=O) groups is 1. The fourth-order valence-corrected chi connectivity index (χ4v) is 1.77. The molecule has 1 aromatic carbocycles. The van der Waals surface area contributed by atoms with Crippen molar-refractivity contribution in [2.24, 2.45) is 5.92 Å². The average molecular weight is 284 g/mol. The van der Waals surface area contributed by atoms with Crippen molar-refractivity contribution in [3.8, 4) is 6.07 Å². The normalized spacial score (nSPS) is 11.9. The van der Waals surface area contributed by atoms with Gasteiger partial charge in [-0.05, 0) is 24.6 Å². The quantitative estimate of drug-likeness (QED) is 0.791. The number of nitriles is 1. The molecule has 4 heteroatoms. The predicted octanol–water partition coefficient (Wildman–Crippen LogP) is 3.71. The van der Waals surface area contributed by atoms with Crippen LogP contribution in [0.25, 0.3) is 0 Å². The fraction of sp³-hybridized carbons (Fsp3) is 0.333. The average Bonchev–Trinajstić information content (AvgIpc) is 2.25. The molecular formula is C12H11BrFNO. The summed E-state index contributed by atoms with van der Waals surface area (Å²) in [6, 6.07) is 6.27. The van der Waals surface area contributed by atoms with Crippen molar-refractivity contribution in [2.45, 2.75) is 19.8 Å². The van der Waals surface area contributed by atoms with Gasteiger partial charge in [-0.3, -0.25) is 4.79 Å². The highest BCUT2D eigenvalue weighted by molar-refractivity contribution is 9.10. The zero-order chi connectivity index (χ0) is 12.1. The number of ketones is 1. The van der Waals surface area contributed by atoms with Crippen molar-refractivity contribution < 1.29 is 9.18 Å². The molecule has 0 saturated heterocycles. The van der Waals surface area contributed by atoms with Crippen LogP contribution in [-0.4, -0.2) is 5.78 Å². The minimum absolute atomic E-state index is 0.0605. The van der Waals surface area contributed by atoms with Gasteiger partial charge in [0.05, 0.1) is 11.6 Å². The maximum Gasteiger partial charge on any atom is 0.169 e. The highest BCUT2D eigenvalue weighted by atomic mass is 79.9. The molecule has 1 aromatic rings. The minimum atomic E-state index is -0.546. The summed E-state index contributed by atoms with van der Waals surface area (Å²) in [7, 11) is 0. The third kappa shape index (κ3) is 2.89. The maximum absolute atomic E-state index is 13.5. The first-order valence-corrected chi connectivity index (χ1v) is 5.75. The Morgan fingerprint density at radius 1 is 1.62 bits per heavy atom. The Kier molecular flexibility index (Phi) is 4.63. The number of rotatable bonds is 4. The van der Waals surface area contributed by atoms with Gasteiger partial charge in [-0.1, -0.05) is 22.9 Å². The van der Waals surface area contributed by atoms with E-state index in [0.717, 1.165) is 0 Å². The third-order valence-corrected chi connectivity index (χ3v) is 2.89. The van der Waals surface area contributed by atoms with E-state index >= 15 is 0 Å². The molecule has 0 bridgehead atoms. The van der Waals surface area contributed by atoms with Crippen LogP contribution in [0.3, 0.4) is 0 Å². The summed E-state index contributed by atoms with van der Waals surface area (Å²) in [6.07, 6.45) is 0.673. The van der Waals surface area contributed by atoms with Crippen LogP contribution in [0.1, 0.15) is 30.1 Å². The molecule has 1 rings (SSSR count). The molecule has 2 nitrogen and oxygen atoms in total. The van der Waals surface area contributed by atoms with Crippen molar-refractivity contribution in [2.75, 3.05) is 0 Å². The molecule has 0 radical (unpaired) electrons. The van der Waals surface area contributed by atoms with Gasteiger partial charge in [-0.15, -0.1) is 0 Å². The monoisotopic (exact) mass is 283 g/mol. The summed E-state index contributed by atoms with van der Waals surface area (Å²) >= 11 is 3.13. The lowest BCUT2D eigenvalue weighted by atomic mass is 9.93. The SMILES string of the molecule is CCC(CC#N)C(=O)c1ccc(Br)cc1F. The van der Waals surface area contributed by atoms with Crippen LogP contribution in [0, 0.1) is 23.1 Å². The Bertz CT molecular complexity index is 439. The summed E-state index contributed by atoms with van der Waals surface area (Å²) in [5, 5.41) is 8.57. The summed E-state index contributed by atoms with van der Waals surface area (Å²) in [5.74, 6) is -1.26. The largest absolute Gasteiger partial charge is 0.294 e. The first-order chi connectivity index (χ1) is 7.60. The van der Waals surface area contributed by atoms with Crippen LogP contribution in [-0.2, 0) is 0 Å². The molecule has 1 atom stereocenters. The molecule has 0 saturated carbocycles. The van der Waals surface area contributed by atoms with E-state index in [0.29, 0.717) is 10.9 Å². The second-order valence-corrected chi connectivity index (χ2v) is 4.37. The van der Waals surface area contributed by atoms with E-state index in [1.54, 1.807) is 6.07 Å².